The molecule has 0 aliphatic heterocycles. The van der Waals surface area contributed by atoms with Crippen molar-refractivity contribution in [2.45, 2.75) is 73.0 Å². The van der Waals surface area contributed by atoms with Gasteiger partial charge in [0.25, 0.3) is 0 Å². The first-order valence-corrected chi connectivity index (χ1v) is 11.1. The van der Waals surface area contributed by atoms with Crippen LogP contribution in [-0.4, -0.2) is 52.2 Å². The van der Waals surface area contributed by atoms with Gasteiger partial charge < -0.3 is 25.3 Å². The Balaban J connectivity index is 0.00000147. The van der Waals surface area contributed by atoms with Crippen molar-refractivity contribution in [2.24, 2.45) is 5.41 Å². The Morgan fingerprint density at radius 1 is 1.11 bits per heavy atom. The minimum Gasteiger partial charge on any atom is -0.520 e. The maximum atomic E-state index is 12.5. The smallest absolute Gasteiger partial charge is 0.419 e. The SMILES string of the molecule is CC(C)(C)OC(=O)n1cc(CC(N[C-]=O)C(=O)NCC(=O)O)c2ccccc21.CCC(C)(C)C.[Fm]. The summed E-state index contributed by atoms with van der Waals surface area (Å²) in [6, 6.07) is 6.02. The molecule has 0 saturated carbocycles. The second-order valence-electron chi connectivity index (χ2n) is 10.1. The van der Waals surface area contributed by atoms with E-state index < -0.39 is 36.2 Å². The third-order valence-electron chi connectivity index (χ3n) is 4.83. The Morgan fingerprint density at radius 2 is 1.69 bits per heavy atom. The first kappa shape index (κ1) is 30.6. The van der Waals surface area contributed by atoms with Crippen molar-refractivity contribution in [1.82, 2.24) is 15.2 Å². The normalized spacial score (nSPS) is 11.9. The molecule has 0 aliphatic carbocycles. The van der Waals surface area contributed by atoms with Gasteiger partial charge in [-0.2, -0.15) is 6.41 Å². The van der Waals surface area contributed by atoms with Crippen molar-refractivity contribution in [3.05, 3.63) is 36.0 Å². The topological polar surface area (TPSA) is 127 Å². The summed E-state index contributed by atoms with van der Waals surface area (Å²) in [6.07, 6.45) is 3.74. The van der Waals surface area contributed by atoms with E-state index in [0.29, 0.717) is 21.9 Å². The molecule has 1 aromatic carbocycles. The largest absolute Gasteiger partial charge is 0.520 e. The van der Waals surface area contributed by atoms with Crippen LogP contribution in [0.1, 0.15) is 60.5 Å². The average Bonchev–Trinajstić information content (AvgIpc) is 3.09. The van der Waals surface area contributed by atoms with Crippen LogP contribution in [0.2, 0.25) is 0 Å². The van der Waals surface area contributed by atoms with Crippen LogP contribution in [0.5, 0.6) is 0 Å². The average molecular weight is 732 g/mol. The van der Waals surface area contributed by atoms with Gasteiger partial charge in [-0.05, 0) is 37.8 Å². The van der Waals surface area contributed by atoms with Crippen LogP contribution in [0.3, 0.4) is 0 Å². The predicted octanol–water partition coefficient (Wildman–Crippen LogP) is 3.64. The molecule has 0 radical (unpaired) electrons. The van der Waals surface area contributed by atoms with Crippen molar-refractivity contribution >= 4 is 35.3 Å². The predicted molar refractivity (Wildman–Crippen MR) is 130 cm³/mol. The number of nitrogens with one attached hydrogen (secondary N) is 2. The molecule has 0 bridgehead atoms. The monoisotopic (exact) mass is 731 g/mol. The molecular formula is C25H36FmN3O6-. The molecule has 1 aromatic heterocycles. The molecule has 0 spiro atoms. The molecule has 9 nitrogen and oxygen atoms in total. The summed E-state index contributed by atoms with van der Waals surface area (Å²) in [5.74, 6) is -1.87. The molecule has 200 valence electrons. The molecule has 2 rings (SSSR count). The van der Waals surface area contributed by atoms with Crippen LogP contribution >= 0.6 is 0 Å². The number of amides is 2. The van der Waals surface area contributed by atoms with Crippen molar-refractivity contribution in [2.75, 3.05) is 6.54 Å². The number of rotatable bonds is 7. The summed E-state index contributed by atoms with van der Waals surface area (Å²) < 4.78 is 6.75. The van der Waals surface area contributed by atoms with Gasteiger partial charge in [-0.15, -0.1) is 0 Å². The van der Waals surface area contributed by atoms with Gasteiger partial charge in [0, 0.05) is 18.0 Å². The Bertz CT molecular complexity index is 1000. The minimum atomic E-state index is -1.20. The second-order valence-corrected chi connectivity index (χ2v) is 10.1. The number of aliphatic carboxylic acids is 1. The summed E-state index contributed by atoms with van der Waals surface area (Å²) in [4.78, 5) is 46.1. The first-order valence-electron chi connectivity index (χ1n) is 11.1. The maximum Gasteiger partial charge on any atom is 0.419 e. The summed E-state index contributed by atoms with van der Waals surface area (Å²) >= 11 is 0. The molecule has 1 unspecified atom stereocenters. The van der Waals surface area contributed by atoms with Gasteiger partial charge in [-0.3, -0.25) is 14.2 Å². The summed E-state index contributed by atoms with van der Waals surface area (Å²) in [5.41, 5.74) is 1.06. The summed E-state index contributed by atoms with van der Waals surface area (Å²) in [6.45, 7) is 13.6. The van der Waals surface area contributed by atoms with Crippen molar-refractivity contribution in [1.29, 1.82) is 0 Å². The van der Waals surface area contributed by atoms with E-state index in [-0.39, 0.29) is 6.42 Å². The van der Waals surface area contributed by atoms with Crippen LogP contribution in [0.15, 0.2) is 30.5 Å². The second kappa shape index (κ2) is 12.8. The number of hydrogen-bond acceptors (Lipinski definition) is 5. The fraction of sp³-hybridized carbons (Fsp3) is 0.520. The third-order valence-corrected chi connectivity index (χ3v) is 4.83. The number of hydrogen-bond donors (Lipinski definition) is 3. The van der Waals surface area contributed by atoms with Crippen molar-refractivity contribution in [3.8, 4) is 0 Å². The van der Waals surface area contributed by atoms with E-state index in [1.165, 1.54) is 17.4 Å². The quantitative estimate of drug-likeness (QED) is 0.295. The van der Waals surface area contributed by atoms with Gasteiger partial charge in [0.15, 0.2) is 0 Å². The molecule has 0 fully saturated rings. The molecule has 35 heavy (non-hydrogen) atoms. The van der Waals surface area contributed by atoms with E-state index in [4.69, 9.17) is 9.84 Å². The van der Waals surface area contributed by atoms with E-state index in [2.05, 4.69) is 38.3 Å². The number of aromatic nitrogens is 1. The number of nitrogens with zero attached hydrogens (tertiary/aromatic N) is 1. The van der Waals surface area contributed by atoms with Crippen LogP contribution in [0, 0.1) is 5.41 Å². The van der Waals surface area contributed by atoms with Gasteiger partial charge in [-0.25, -0.2) is 4.79 Å². The summed E-state index contributed by atoms with van der Waals surface area (Å²) in [5, 5.41) is 13.9. The number of fused-ring (bicyclic) bond motifs is 1. The number of carboxylic acids is 1. The zero-order valence-corrected chi connectivity index (χ0v) is 23.7. The van der Waals surface area contributed by atoms with E-state index >= 15 is 0 Å². The van der Waals surface area contributed by atoms with Crippen LogP contribution in [-0.2, 0) is 25.5 Å². The molecule has 2 aromatic rings. The van der Waals surface area contributed by atoms with E-state index in [0.717, 1.165) is 0 Å². The Morgan fingerprint density at radius 3 is 2.17 bits per heavy atom. The van der Waals surface area contributed by atoms with Crippen molar-refractivity contribution in [3.63, 3.8) is 0 Å². The zero-order chi connectivity index (χ0) is 26.1. The molecule has 2 amide bonds. The molecule has 1 atom stereocenters. The number of carboxylic acid groups (broad SMARTS) is 1. The maximum absolute atomic E-state index is 12.5. The molecule has 10 heteroatoms. The Kier molecular flexibility index (Phi) is 11.2. The van der Waals surface area contributed by atoms with Crippen LogP contribution in [0.4, 0.5) is 4.79 Å². The Hall–Kier alpha value is -4.36. The fourth-order valence-corrected chi connectivity index (χ4v) is 2.66. The number of carbonyl (C=O) groups is 3. The molecule has 3 N–H and O–H groups in total. The number of ether oxygens (including phenoxy) is 1. The number of para-hydroxylation sites is 1. The van der Waals surface area contributed by atoms with E-state index in [1.54, 1.807) is 51.2 Å². The van der Waals surface area contributed by atoms with Gasteiger partial charge in [-0.1, -0.05) is 52.3 Å². The van der Waals surface area contributed by atoms with Crippen LogP contribution in [0.25, 0.3) is 10.9 Å². The molecular weight excluding hydrogens is 695 g/mol. The first-order chi connectivity index (χ1) is 15.7. The Labute approximate surface area is 200 Å². The van der Waals surface area contributed by atoms with Gasteiger partial charge >= 0.3 is 12.1 Å². The zero-order valence-electron chi connectivity index (χ0n) is 21.3. The molecule has 0 aliphatic rings. The standard InChI is InChI=1S/C19H22N3O6.C6H14.Fm/c1-19(2,3)28-18(27)22-10-12(13-6-4-5-7-15(13)22)8-14(21-11-23)17(26)20-9-16(24)25;1-5-6(2,3)4;/h4-7,10,14H,8-9H2,1-3H3,(H,20,26)(H,21,23)(H,24,25);5H2,1-4H3;/q-1;;. The number of carbonyl (C=O) groups excluding carboxylic acids is 3. The van der Waals surface area contributed by atoms with E-state index in [1.807, 2.05) is 0 Å². The van der Waals surface area contributed by atoms with E-state index in [9.17, 15) is 19.2 Å². The fourth-order valence-electron chi connectivity index (χ4n) is 2.66. The van der Waals surface area contributed by atoms with Gasteiger partial charge in [0.1, 0.15) is 12.1 Å². The van der Waals surface area contributed by atoms with Gasteiger partial charge in [0.05, 0.1) is 11.6 Å². The van der Waals surface area contributed by atoms with Crippen molar-refractivity contribution < 1.29 is 29.0 Å². The molecule has 1 heterocycles. The summed E-state index contributed by atoms with van der Waals surface area (Å²) in [7, 11) is 0. The minimum absolute atomic E-state index is 0. The van der Waals surface area contributed by atoms with Crippen LogP contribution < -0.4 is 10.6 Å². The molecule has 0 saturated heterocycles. The number of benzene rings is 1. The van der Waals surface area contributed by atoms with Gasteiger partial charge in [0.2, 0.25) is 5.91 Å². The third kappa shape index (κ3) is 10.4.